The van der Waals surface area contributed by atoms with E-state index in [1.54, 1.807) is 26.8 Å². The van der Waals surface area contributed by atoms with Crippen molar-refractivity contribution in [3.8, 4) is 0 Å². The molecular formula is C16H23FN2O3. The molecule has 0 saturated carbocycles. The van der Waals surface area contributed by atoms with Crippen molar-refractivity contribution in [3.05, 3.63) is 24.0 Å². The van der Waals surface area contributed by atoms with E-state index in [2.05, 4.69) is 10.6 Å². The summed E-state index contributed by atoms with van der Waals surface area (Å²) in [5.74, 6) is -0.367. The summed E-state index contributed by atoms with van der Waals surface area (Å²) in [6, 6.07) is 4.44. The van der Waals surface area contributed by atoms with Gasteiger partial charge in [0.05, 0.1) is 17.8 Å². The first-order valence-electron chi connectivity index (χ1n) is 7.42. The van der Waals surface area contributed by atoms with Crippen molar-refractivity contribution < 1.29 is 18.7 Å². The highest BCUT2D eigenvalue weighted by Crippen LogP contribution is 2.24. The SMILES string of the molecule is CC1OCCC1Nc1cc(NC(=O)OC(C)(C)C)ccc1F. The van der Waals surface area contributed by atoms with Crippen LogP contribution in [0.4, 0.5) is 20.6 Å². The van der Waals surface area contributed by atoms with Gasteiger partial charge in [-0.1, -0.05) is 0 Å². The van der Waals surface area contributed by atoms with Gasteiger partial charge in [0.15, 0.2) is 0 Å². The van der Waals surface area contributed by atoms with Crippen LogP contribution in [0.2, 0.25) is 0 Å². The van der Waals surface area contributed by atoms with E-state index in [0.29, 0.717) is 18.0 Å². The Morgan fingerprint density at radius 2 is 2.14 bits per heavy atom. The number of amides is 1. The van der Waals surface area contributed by atoms with E-state index < -0.39 is 11.7 Å². The van der Waals surface area contributed by atoms with E-state index in [4.69, 9.17) is 9.47 Å². The molecule has 0 spiro atoms. The number of hydrogen-bond acceptors (Lipinski definition) is 4. The summed E-state index contributed by atoms with van der Waals surface area (Å²) in [5, 5.41) is 5.73. The first-order chi connectivity index (χ1) is 10.2. The third kappa shape index (κ3) is 4.59. The maximum Gasteiger partial charge on any atom is 0.412 e. The molecule has 2 N–H and O–H groups in total. The lowest BCUT2D eigenvalue weighted by molar-refractivity contribution is 0.0636. The molecule has 0 aromatic heterocycles. The summed E-state index contributed by atoms with van der Waals surface area (Å²) < 4.78 is 24.5. The Morgan fingerprint density at radius 1 is 1.41 bits per heavy atom. The fraction of sp³-hybridized carbons (Fsp3) is 0.562. The van der Waals surface area contributed by atoms with Crippen LogP contribution >= 0.6 is 0 Å². The Hall–Kier alpha value is -1.82. The molecule has 2 unspecified atom stereocenters. The van der Waals surface area contributed by atoms with Crippen molar-refractivity contribution in [2.24, 2.45) is 0 Å². The number of hydrogen-bond donors (Lipinski definition) is 2. The van der Waals surface area contributed by atoms with E-state index in [-0.39, 0.29) is 18.0 Å². The molecule has 1 amide bonds. The van der Waals surface area contributed by atoms with Gasteiger partial charge in [0.25, 0.3) is 0 Å². The third-order valence-electron chi connectivity index (χ3n) is 3.33. The minimum Gasteiger partial charge on any atom is -0.444 e. The van der Waals surface area contributed by atoms with Gasteiger partial charge in [-0.3, -0.25) is 5.32 Å². The van der Waals surface area contributed by atoms with Crippen LogP contribution in [-0.2, 0) is 9.47 Å². The summed E-state index contributed by atoms with van der Waals surface area (Å²) in [6.45, 7) is 7.96. The average molecular weight is 310 g/mol. The smallest absolute Gasteiger partial charge is 0.412 e. The fourth-order valence-electron chi connectivity index (χ4n) is 2.26. The number of carbonyl (C=O) groups is 1. The summed E-state index contributed by atoms with van der Waals surface area (Å²) in [7, 11) is 0. The minimum atomic E-state index is -0.582. The molecule has 2 atom stereocenters. The predicted molar refractivity (Wildman–Crippen MR) is 83.7 cm³/mol. The van der Waals surface area contributed by atoms with Crippen LogP contribution in [-0.4, -0.2) is 30.4 Å². The van der Waals surface area contributed by atoms with Crippen molar-refractivity contribution >= 4 is 17.5 Å². The maximum absolute atomic E-state index is 13.9. The Bertz CT molecular complexity index is 543. The Labute approximate surface area is 130 Å². The second kappa shape index (κ2) is 6.52. The van der Waals surface area contributed by atoms with Crippen molar-refractivity contribution in [1.82, 2.24) is 0 Å². The van der Waals surface area contributed by atoms with Gasteiger partial charge < -0.3 is 14.8 Å². The number of halogens is 1. The molecule has 2 rings (SSSR count). The van der Waals surface area contributed by atoms with Crippen LogP contribution in [0.1, 0.15) is 34.1 Å². The van der Waals surface area contributed by atoms with E-state index >= 15 is 0 Å². The number of rotatable bonds is 3. The standard InChI is InChI=1S/C16H23FN2O3/c1-10-13(7-8-21-10)19-14-9-11(5-6-12(14)17)18-15(20)22-16(2,3)4/h5-6,9-10,13,19H,7-8H2,1-4H3,(H,18,20). The van der Waals surface area contributed by atoms with Gasteiger partial charge in [-0.2, -0.15) is 0 Å². The van der Waals surface area contributed by atoms with Gasteiger partial charge in [-0.05, 0) is 52.3 Å². The normalized spacial score (nSPS) is 21.5. The van der Waals surface area contributed by atoms with Gasteiger partial charge in [0.1, 0.15) is 11.4 Å². The second-order valence-corrected chi connectivity index (χ2v) is 6.44. The van der Waals surface area contributed by atoms with Crippen LogP contribution in [0, 0.1) is 5.82 Å². The monoisotopic (exact) mass is 310 g/mol. The number of anilines is 2. The molecule has 1 aromatic rings. The highest BCUT2D eigenvalue weighted by atomic mass is 19.1. The van der Waals surface area contributed by atoms with Crippen molar-refractivity contribution in [3.63, 3.8) is 0 Å². The zero-order valence-corrected chi connectivity index (χ0v) is 13.4. The molecule has 22 heavy (non-hydrogen) atoms. The molecule has 0 bridgehead atoms. The largest absolute Gasteiger partial charge is 0.444 e. The van der Waals surface area contributed by atoms with Crippen molar-refractivity contribution in [2.45, 2.75) is 51.9 Å². The predicted octanol–water partition coefficient (Wildman–Crippen LogP) is 3.76. The van der Waals surface area contributed by atoms with Gasteiger partial charge in [0.2, 0.25) is 0 Å². The van der Waals surface area contributed by atoms with Crippen molar-refractivity contribution in [2.75, 3.05) is 17.2 Å². The lowest BCUT2D eigenvalue weighted by atomic mass is 10.1. The van der Waals surface area contributed by atoms with Crippen LogP contribution in [0.5, 0.6) is 0 Å². The molecule has 1 aromatic carbocycles. The minimum absolute atomic E-state index is 0.0295. The summed E-state index contributed by atoms with van der Waals surface area (Å²) >= 11 is 0. The highest BCUT2D eigenvalue weighted by Gasteiger charge is 2.25. The van der Waals surface area contributed by atoms with E-state index in [1.165, 1.54) is 12.1 Å². The van der Waals surface area contributed by atoms with Crippen LogP contribution in [0.3, 0.4) is 0 Å². The second-order valence-electron chi connectivity index (χ2n) is 6.44. The maximum atomic E-state index is 13.9. The molecule has 1 fully saturated rings. The molecule has 1 aliphatic heterocycles. The summed E-state index contributed by atoms with van der Waals surface area (Å²) in [4.78, 5) is 11.8. The summed E-state index contributed by atoms with van der Waals surface area (Å²) in [5.41, 5.74) is 0.238. The van der Waals surface area contributed by atoms with E-state index in [0.717, 1.165) is 6.42 Å². The molecule has 1 aliphatic rings. The van der Waals surface area contributed by atoms with Gasteiger partial charge in [0, 0.05) is 12.3 Å². The zero-order chi connectivity index (χ0) is 16.3. The fourth-order valence-corrected chi connectivity index (χ4v) is 2.26. The lowest BCUT2D eigenvalue weighted by Gasteiger charge is -2.21. The first-order valence-corrected chi connectivity index (χ1v) is 7.42. The van der Waals surface area contributed by atoms with Crippen molar-refractivity contribution in [1.29, 1.82) is 0 Å². The average Bonchev–Trinajstić information content (AvgIpc) is 2.77. The molecule has 0 aliphatic carbocycles. The van der Waals surface area contributed by atoms with Gasteiger partial charge in [-0.15, -0.1) is 0 Å². The lowest BCUT2D eigenvalue weighted by Crippen LogP contribution is -2.28. The molecule has 0 radical (unpaired) electrons. The molecule has 6 heteroatoms. The zero-order valence-electron chi connectivity index (χ0n) is 13.4. The Kier molecular flexibility index (Phi) is 4.90. The number of ether oxygens (including phenoxy) is 2. The van der Waals surface area contributed by atoms with E-state index in [9.17, 15) is 9.18 Å². The first kappa shape index (κ1) is 16.5. The van der Waals surface area contributed by atoms with E-state index in [1.807, 2.05) is 6.92 Å². The highest BCUT2D eigenvalue weighted by molar-refractivity contribution is 5.85. The number of benzene rings is 1. The molecular weight excluding hydrogens is 287 g/mol. The van der Waals surface area contributed by atoms with Crippen LogP contribution < -0.4 is 10.6 Å². The number of nitrogens with one attached hydrogen (secondary N) is 2. The number of carbonyl (C=O) groups excluding carboxylic acids is 1. The van der Waals surface area contributed by atoms with Gasteiger partial charge >= 0.3 is 6.09 Å². The van der Waals surface area contributed by atoms with Crippen LogP contribution in [0.25, 0.3) is 0 Å². The summed E-state index contributed by atoms with van der Waals surface area (Å²) in [6.07, 6.45) is 0.286. The molecule has 122 valence electrons. The topological polar surface area (TPSA) is 59.6 Å². The Balaban J connectivity index is 2.04. The molecule has 5 nitrogen and oxygen atoms in total. The quantitative estimate of drug-likeness (QED) is 0.892. The molecule has 1 heterocycles. The van der Waals surface area contributed by atoms with Gasteiger partial charge in [-0.25, -0.2) is 9.18 Å². The Morgan fingerprint density at radius 3 is 2.73 bits per heavy atom. The van der Waals surface area contributed by atoms with Crippen LogP contribution in [0.15, 0.2) is 18.2 Å². The molecule has 1 saturated heterocycles. The third-order valence-corrected chi connectivity index (χ3v) is 3.33.